The molecule has 1 saturated heterocycles. The van der Waals surface area contributed by atoms with Gasteiger partial charge in [0.25, 0.3) is 0 Å². The van der Waals surface area contributed by atoms with Gasteiger partial charge in [0.1, 0.15) is 0 Å². The molecule has 1 atom stereocenters. The zero-order valence-corrected chi connectivity index (χ0v) is 7.46. The Morgan fingerprint density at radius 2 is 2.08 bits per heavy atom. The molecule has 1 N–H and O–H groups in total. The number of carbonyl (C=O) groups is 2. The highest BCUT2D eigenvalue weighted by Gasteiger charge is 2.24. The molecule has 1 fully saturated rings. The Balaban J connectivity index is 2.35. The zero-order chi connectivity index (χ0) is 9.14. The first kappa shape index (κ1) is 9.03. The molecule has 2 amide bonds. The van der Waals surface area contributed by atoms with Crippen molar-refractivity contribution in [3.63, 3.8) is 0 Å². The van der Waals surface area contributed by atoms with Crippen molar-refractivity contribution in [2.75, 3.05) is 13.1 Å². The van der Waals surface area contributed by atoms with Gasteiger partial charge in [0.2, 0.25) is 11.8 Å². The first-order valence-electron chi connectivity index (χ1n) is 4.12. The Morgan fingerprint density at radius 1 is 1.42 bits per heavy atom. The molecule has 0 aromatic heterocycles. The number of likely N-dealkylation sites (tertiary alicyclic amines) is 1. The van der Waals surface area contributed by atoms with Crippen LogP contribution in [0.2, 0.25) is 0 Å². The van der Waals surface area contributed by atoms with Crippen molar-refractivity contribution in [2.24, 2.45) is 0 Å². The van der Waals surface area contributed by atoms with Crippen LogP contribution < -0.4 is 5.32 Å². The van der Waals surface area contributed by atoms with Crippen LogP contribution >= 0.6 is 0 Å². The molecule has 0 aromatic rings. The van der Waals surface area contributed by atoms with Crippen molar-refractivity contribution in [3.05, 3.63) is 0 Å². The van der Waals surface area contributed by atoms with E-state index in [1.807, 2.05) is 0 Å². The highest BCUT2D eigenvalue weighted by Crippen LogP contribution is 2.08. The van der Waals surface area contributed by atoms with E-state index in [1.54, 1.807) is 11.8 Å². The van der Waals surface area contributed by atoms with Gasteiger partial charge in [-0.3, -0.25) is 9.59 Å². The lowest BCUT2D eigenvalue weighted by atomic mass is 10.3. The van der Waals surface area contributed by atoms with Crippen LogP contribution in [0.1, 0.15) is 20.3 Å². The molecule has 0 saturated carbocycles. The van der Waals surface area contributed by atoms with Crippen LogP contribution in [0.25, 0.3) is 0 Å². The van der Waals surface area contributed by atoms with Crippen LogP contribution in [-0.4, -0.2) is 35.8 Å². The van der Waals surface area contributed by atoms with Gasteiger partial charge < -0.3 is 10.2 Å². The molecule has 0 radical (unpaired) electrons. The van der Waals surface area contributed by atoms with Crippen molar-refractivity contribution in [3.8, 4) is 0 Å². The molecular formula is C8H14N2O2. The van der Waals surface area contributed by atoms with E-state index in [1.165, 1.54) is 6.92 Å². The lowest BCUT2D eigenvalue weighted by Gasteiger charge is -2.13. The highest BCUT2D eigenvalue weighted by molar-refractivity contribution is 5.75. The summed E-state index contributed by atoms with van der Waals surface area (Å²) >= 11 is 0. The lowest BCUT2D eigenvalue weighted by Crippen LogP contribution is -2.36. The van der Waals surface area contributed by atoms with E-state index >= 15 is 0 Å². The summed E-state index contributed by atoms with van der Waals surface area (Å²) in [4.78, 5) is 23.3. The monoisotopic (exact) mass is 170 g/mol. The van der Waals surface area contributed by atoms with Crippen LogP contribution in [0.5, 0.6) is 0 Å². The van der Waals surface area contributed by atoms with Crippen molar-refractivity contribution in [1.82, 2.24) is 10.2 Å². The summed E-state index contributed by atoms with van der Waals surface area (Å²) in [5.41, 5.74) is 0. The Kier molecular flexibility index (Phi) is 2.68. The van der Waals surface area contributed by atoms with E-state index in [0.29, 0.717) is 6.54 Å². The summed E-state index contributed by atoms with van der Waals surface area (Å²) in [6, 6.07) is 0.159. The molecule has 4 heteroatoms. The summed E-state index contributed by atoms with van der Waals surface area (Å²) in [7, 11) is 0. The van der Waals surface area contributed by atoms with Gasteiger partial charge in [-0.15, -0.1) is 0 Å². The third-order valence-electron chi connectivity index (χ3n) is 2.04. The number of carbonyl (C=O) groups excluding carboxylic acids is 2. The summed E-state index contributed by atoms with van der Waals surface area (Å²) in [5.74, 6) is 0.0632. The molecule has 1 rings (SSSR count). The summed E-state index contributed by atoms with van der Waals surface area (Å²) in [5, 5.41) is 2.79. The van der Waals surface area contributed by atoms with E-state index < -0.39 is 0 Å². The molecule has 0 bridgehead atoms. The molecule has 0 spiro atoms. The van der Waals surface area contributed by atoms with E-state index in [4.69, 9.17) is 0 Å². The maximum atomic E-state index is 10.9. The molecule has 1 heterocycles. The number of hydrogen-bond acceptors (Lipinski definition) is 2. The normalized spacial score (nSPS) is 22.5. The van der Waals surface area contributed by atoms with Gasteiger partial charge in [-0.1, -0.05) is 0 Å². The average Bonchev–Trinajstić information content (AvgIpc) is 2.34. The third-order valence-corrected chi connectivity index (χ3v) is 2.04. The van der Waals surface area contributed by atoms with E-state index in [0.717, 1.165) is 13.0 Å². The first-order valence-corrected chi connectivity index (χ1v) is 4.12. The second kappa shape index (κ2) is 3.56. The fourth-order valence-corrected chi connectivity index (χ4v) is 1.45. The van der Waals surface area contributed by atoms with Crippen LogP contribution in [0.3, 0.4) is 0 Å². The van der Waals surface area contributed by atoms with E-state index in [2.05, 4.69) is 5.32 Å². The Morgan fingerprint density at radius 3 is 2.50 bits per heavy atom. The van der Waals surface area contributed by atoms with Gasteiger partial charge in [-0.05, 0) is 6.42 Å². The maximum absolute atomic E-state index is 10.9. The van der Waals surface area contributed by atoms with E-state index in [-0.39, 0.29) is 17.9 Å². The zero-order valence-electron chi connectivity index (χ0n) is 7.46. The minimum Gasteiger partial charge on any atom is -0.352 e. The standard InChI is InChI=1S/C8H14N2O2/c1-6(11)9-8-3-4-10(5-8)7(2)12/h8H,3-5H2,1-2H3,(H,9,11). The van der Waals surface area contributed by atoms with Gasteiger partial charge in [0, 0.05) is 33.0 Å². The fourth-order valence-electron chi connectivity index (χ4n) is 1.45. The van der Waals surface area contributed by atoms with Gasteiger partial charge in [0.05, 0.1) is 0 Å². The Labute approximate surface area is 71.9 Å². The largest absolute Gasteiger partial charge is 0.352 e. The van der Waals surface area contributed by atoms with Crippen molar-refractivity contribution in [1.29, 1.82) is 0 Å². The molecule has 1 unspecified atom stereocenters. The topological polar surface area (TPSA) is 49.4 Å². The second-order valence-electron chi connectivity index (χ2n) is 3.15. The van der Waals surface area contributed by atoms with Gasteiger partial charge in [0.15, 0.2) is 0 Å². The molecule has 4 nitrogen and oxygen atoms in total. The predicted octanol–water partition coefficient (Wildman–Crippen LogP) is -0.257. The van der Waals surface area contributed by atoms with E-state index in [9.17, 15) is 9.59 Å². The number of nitrogens with zero attached hydrogens (tertiary/aromatic N) is 1. The Hall–Kier alpha value is -1.06. The van der Waals surface area contributed by atoms with Crippen molar-refractivity contribution < 1.29 is 9.59 Å². The number of hydrogen-bond donors (Lipinski definition) is 1. The molecule has 68 valence electrons. The van der Waals surface area contributed by atoms with Crippen LogP contribution in [0, 0.1) is 0 Å². The Bertz CT molecular complexity index is 203. The van der Waals surface area contributed by atoms with Crippen LogP contribution in [-0.2, 0) is 9.59 Å². The summed E-state index contributed by atoms with van der Waals surface area (Å²) < 4.78 is 0. The smallest absolute Gasteiger partial charge is 0.219 e. The number of amides is 2. The van der Waals surface area contributed by atoms with Gasteiger partial charge in [-0.2, -0.15) is 0 Å². The molecule has 1 aliphatic rings. The molecule has 12 heavy (non-hydrogen) atoms. The molecule has 0 aromatic carbocycles. The van der Waals surface area contributed by atoms with Gasteiger partial charge in [-0.25, -0.2) is 0 Å². The quantitative estimate of drug-likeness (QED) is 0.589. The average molecular weight is 170 g/mol. The minimum atomic E-state index is -0.0228. The van der Waals surface area contributed by atoms with Crippen molar-refractivity contribution in [2.45, 2.75) is 26.3 Å². The predicted molar refractivity (Wildman–Crippen MR) is 44.5 cm³/mol. The number of nitrogens with one attached hydrogen (secondary N) is 1. The lowest BCUT2D eigenvalue weighted by molar-refractivity contribution is -0.128. The number of rotatable bonds is 1. The summed E-state index contributed by atoms with van der Waals surface area (Å²) in [6.07, 6.45) is 0.874. The minimum absolute atomic E-state index is 0.0228. The fraction of sp³-hybridized carbons (Fsp3) is 0.750. The van der Waals surface area contributed by atoms with Crippen molar-refractivity contribution >= 4 is 11.8 Å². The van der Waals surface area contributed by atoms with Crippen LogP contribution in [0.4, 0.5) is 0 Å². The van der Waals surface area contributed by atoms with Gasteiger partial charge >= 0.3 is 0 Å². The highest BCUT2D eigenvalue weighted by atomic mass is 16.2. The molecular weight excluding hydrogens is 156 g/mol. The second-order valence-corrected chi connectivity index (χ2v) is 3.15. The first-order chi connectivity index (χ1) is 5.59. The maximum Gasteiger partial charge on any atom is 0.219 e. The van der Waals surface area contributed by atoms with Crippen LogP contribution in [0.15, 0.2) is 0 Å². The summed E-state index contributed by atoms with van der Waals surface area (Å²) in [6.45, 7) is 4.47. The molecule has 0 aliphatic carbocycles. The third kappa shape index (κ3) is 2.22. The SMILES string of the molecule is CC(=O)NC1CCN(C(C)=O)C1. The molecule has 1 aliphatic heterocycles.